The zero-order chi connectivity index (χ0) is 9.52. The Morgan fingerprint density at radius 3 is 3.08 bits per heavy atom. The van der Waals surface area contributed by atoms with Crippen LogP contribution in [0.4, 0.5) is 0 Å². The predicted molar refractivity (Wildman–Crippen MR) is 52.3 cm³/mol. The first-order chi connectivity index (χ1) is 6.33. The van der Waals surface area contributed by atoms with Crippen molar-refractivity contribution < 1.29 is 4.79 Å². The van der Waals surface area contributed by atoms with Gasteiger partial charge in [0, 0.05) is 12.6 Å². The van der Waals surface area contributed by atoms with Crippen molar-refractivity contribution in [2.24, 2.45) is 0 Å². The molecular formula is C8H11N3OS. The first kappa shape index (κ1) is 9.98. The van der Waals surface area contributed by atoms with Crippen molar-refractivity contribution >= 4 is 18.5 Å². The molecule has 0 radical (unpaired) electrons. The number of hydrogen-bond acceptors (Lipinski definition) is 4. The molecule has 70 valence electrons. The third-order valence-corrected chi connectivity index (χ3v) is 1.66. The molecule has 0 aliphatic rings. The van der Waals surface area contributed by atoms with Gasteiger partial charge in [-0.2, -0.15) is 22.8 Å². The number of carbonyl (C=O) groups is 1. The molecule has 13 heavy (non-hydrogen) atoms. The summed E-state index contributed by atoms with van der Waals surface area (Å²) in [6, 6.07) is 3.60. The van der Waals surface area contributed by atoms with E-state index in [1.165, 1.54) is 0 Å². The largest absolute Gasteiger partial charge is 0.350 e. The number of rotatable bonds is 4. The fourth-order valence-electron chi connectivity index (χ4n) is 0.807. The van der Waals surface area contributed by atoms with Gasteiger partial charge in [-0.15, -0.1) is 0 Å². The monoisotopic (exact) mass is 197 g/mol. The average Bonchev–Trinajstić information content (AvgIpc) is 2.17. The molecule has 0 atom stereocenters. The maximum absolute atomic E-state index is 11.0. The number of aromatic nitrogens is 2. The second-order valence-corrected chi connectivity index (χ2v) is 2.91. The summed E-state index contributed by atoms with van der Waals surface area (Å²) in [6.07, 6.45) is 2.03. The summed E-state index contributed by atoms with van der Waals surface area (Å²) in [6.45, 7) is 0.431. The van der Waals surface area contributed by atoms with E-state index in [2.05, 4.69) is 28.1 Å². The standard InChI is InChI=1S/C8H11N3OS/c12-8(3-5-13)9-6-7-2-1-4-10-11-7/h1-2,4,13H,3,5-6H2,(H,9,12). The molecule has 0 saturated carbocycles. The molecule has 1 amide bonds. The molecule has 1 aromatic heterocycles. The number of amides is 1. The lowest BCUT2D eigenvalue weighted by Gasteiger charge is -2.01. The molecule has 0 aliphatic carbocycles. The van der Waals surface area contributed by atoms with E-state index in [-0.39, 0.29) is 5.91 Å². The lowest BCUT2D eigenvalue weighted by Crippen LogP contribution is -2.23. The molecule has 4 nitrogen and oxygen atoms in total. The van der Waals surface area contributed by atoms with Crippen LogP contribution in [0.1, 0.15) is 12.1 Å². The highest BCUT2D eigenvalue weighted by molar-refractivity contribution is 7.80. The van der Waals surface area contributed by atoms with Gasteiger partial charge in [0.1, 0.15) is 0 Å². The highest BCUT2D eigenvalue weighted by atomic mass is 32.1. The van der Waals surface area contributed by atoms with Crippen molar-refractivity contribution in [3.63, 3.8) is 0 Å². The minimum Gasteiger partial charge on any atom is -0.350 e. The van der Waals surface area contributed by atoms with Crippen molar-refractivity contribution in [1.82, 2.24) is 15.5 Å². The van der Waals surface area contributed by atoms with Crippen LogP contribution in [-0.2, 0) is 11.3 Å². The van der Waals surface area contributed by atoms with E-state index >= 15 is 0 Å². The zero-order valence-electron chi connectivity index (χ0n) is 7.10. The Morgan fingerprint density at radius 2 is 2.46 bits per heavy atom. The number of hydrogen-bond donors (Lipinski definition) is 2. The number of carbonyl (C=O) groups excluding carboxylic acids is 1. The zero-order valence-corrected chi connectivity index (χ0v) is 8.00. The summed E-state index contributed by atoms with van der Waals surface area (Å²) in [7, 11) is 0. The summed E-state index contributed by atoms with van der Waals surface area (Å²) >= 11 is 3.95. The summed E-state index contributed by atoms with van der Waals surface area (Å²) in [5.74, 6) is 0.549. The van der Waals surface area contributed by atoms with Crippen LogP contribution in [-0.4, -0.2) is 21.9 Å². The van der Waals surface area contributed by atoms with Gasteiger partial charge in [-0.1, -0.05) is 0 Å². The van der Waals surface area contributed by atoms with Gasteiger partial charge in [0.05, 0.1) is 12.2 Å². The van der Waals surface area contributed by atoms with Gasteiger partial charge < -0.3 is 5.32 Å². The first-order valence-electron chi connectivity index (χ1n) is 3.97. The van der Waals surface area contributed by atoms with Gasteiger partial charge in [-0.25, -0.2) is 0 Å². The molecule has 0 spiro atoms. The van der Waals surface area contributed by atoms with Gasteiger partial charge in [0.25, 0.3) is 0 Å². The third kappa shape index (κ3) is 3.89. The van der Waals surface area contributed by atoms with Crippen LogP contribution in [0.3, 0.4) is 0 Å². The second-order valence-electron chi connectivity index (χ2n) is 2.47. The average molecular weight is 197 g/mol. The van der Waals surface area contributed by atoms with Crippen LogP contribution in [0, 0.1) is 0 Å². The van der Waals surface area contributed by atoms with Crippen LogP contribution < -0.4 is 5.32 Å². The Morgan fingerprint density at radius 1 is 1.62 bits per heavy atom. The molecule has 0 aromatic carbocycles. The maximum atomic E-state index is 11.0. The topological polar surface area (TPSA) is 54.9 Å². The minimum absolute atomic E-state index is 0.0133. The third-order valence-electron chi connectivity index (χ3n) is 1.43. The molecule has 0 bridgehead atoms. The van der Waals surface area contributed by atoms with Crippen LogP contribution in [0.15, 0.2) is 18.3 Å². The van der Waals surface area contributed by atoms with Crippen molar-refractivity contribution in [1.29, 1.82) is 0 Å². The first-order valence-corrected chi connectivity index (χ1v) is 4.60. The van der Waals surface area contributed by atoms with Crippen molar-refractivity contribution in [2.75, 3.05) is 5.75 Å². The van der Waals surface area contributed by atoms with Crippen LogP contribution >= 0.6 is 12.6 Å². The van der Waals surface area contributed by atoms with Gasteiger partial charge >= 0.3 is 0 Å². The molecule has 0 aliphatic heterocycles. The summed E-state index contributed by atoms with van der Waals surface area (Å²) in [5.41, 5.74) is 0.759. The molecule has 1 aromatic rings. The summed E-state index contributed by atoms with van der Waals surface area (Å²) in [5, 5.41) is 10.2. The minimum atomic E-state index is -0.0133. The maximum Gasteiger partial charge on any atom is 0.221 e. The van der Waals surface area contributed by atoms with Crippen LogP contribution in [0.2, 0.25) is 0 Å². The molecule has 0 saturated heterocycles. The summed E-state index contributed by atoms with van der Waals surface area (Å²) in [4.78, 5) is 11.0. The fraction of sp³-hybridized carbons (Fsp3) is 0.375. The van der Waals surface area contributed by atoms with Crippen molar-refractivity contribution in [3.05, 3.63) is 24.0 Å². The van der Waals surface area contributed by atoms with E-state index in [0.717, 1.165) is 5.69 Å². The van der Waals surface area contributed by atoms with E-state index < -0.39 is 0 Å². The van der Waals surface area contributed by atoms with Crippen LogP contribution in [0.5, 0.6) is 0 Å². The smallest absolute Gasteiger partial charge is 0.221 e. The Balaban J connectivity index is 2.31. The van der Waals surface area contributed by atoms with Crippen molar-refractivity contribution in [2.45, 2.75) is 13.0 Å². The van der Waals surface area contributed by atoms with Gasteiger partial charge in [-0.3, -0.25) is 4.79 Å². The normalized spacial score (nSPS) is 9.62. The molecule has 1 heterocycles. The highest BCUT2D eigenvalue weighted by Crippen LogP contribution is 1.90. The van der Waals surface area contributed by atoms with Gasteiger partial charge in [0.2, 0.25) is 5.91 Å². The Labute approximate surface area is 82.2 Å². The summed E-state index contributed by atoms with van der Waals surface area (Å²) < 4.78 is 0. The molecule has 5 heteroatoms. The molecule has 1 rings (SSSR count). The van der Waals surface area contributed by atoms with E-state index in [0.29, 0.717) is 18.7 Å². The van der Waals surface area contributed by atoms with E-state index in [9.17, 15) is 4.79 Å². The van der Waals surface area contributed by atoms with E-state index in [4.69, 9.17) is 0 Å². The quantitative estimate of drug-likeness (QED) is 0.687. The Hall–Kier alpha value is -1.10. The molecule has 1 N–H and O–H groups in total. The molecule has 0 unspecified atom stereocenters. The number of nitrogens with zero attached hydrogens (tertiary/aromatic N) is 2. The van der Waals surface area contributed by atoms with Gasteiger partial charge in [0.15, 0.2) is 0 Å². The lowest BCUT2D eigenvalue weighted by atomic mass is 10.3. The van der Waals surface area contributed by atoms with E-state index in [1.54, 1.807) is 12.3 Å². The van der Waals surface area contributed by atoms with Crippen LogP contribution in [0.25, 0.3) is 0 Å². The van der Waals surface area contributed by atoms with E-state index in [1.807, 2.05) is 6.07 Å². The van der Waals surface area contributed by atoms with Gasteiger partial charge in [-0.05, 0) is 17.9 Å². The van der Waals surface area contributed by atoms with Crippen molar-refractivity contribution in [3.8, 4) is 0 Å². The SMILES string of the molecule is O=C(CCS)NCc1cccnn1. The Kier molecular flexibility index (Phi) is 4.25. The Bertz CT molecular complexity index is 265. The highest BCUT2D eigenvalue weighted by Gasteiger charge is 1.99. The molecule has 0 fully saturated rings. The second kappa shape index (κ2) is 5.53. The number of nitrogens with one attached hydrogen (secondary N) is 1. The molecular weight excluding hydrogens is 186 g/mol. The number of thiol groups is 1. The predicted octanol–water partition coefficient (Wildman–Crippen LogP) is 0.413. The lowest BCUT2D eigenvalue weighted by molar-refractivity contribution is -0.120. The fourth-order valence-corrected chi connectivity index (χ4v) is 1.01.